The standard InChI is InChI=1S/C32H31F2N5O5/c1-20(38-12-14-42-15-13-38)19-43-29-17-26-24(18-37-29)27(8-11-36-26)44-28-7-6-23(16-25(28)34)39(22-4-2-21(33)3-5-22)31(41)32(9-10-32)30(35)40/h2-8,11,16-18,20H,9-10,12-15,19H2,1H3,(H2,35,40)/t20-/m0/s1. The summed E-state index contributed by atoms with van der Waals surface area (Å²) in [5, 5.41) is 0.546. The maximum absolute atomic E-state index is 15.5. The number of fused-ring (bicyclic) bond motifs is 1. The van der Waals surface area contributed by atoms with Crippen LogP contribution in [0.1, 0.15) is 19.8 Å². The number of ether oxygens (including phenoxy) is 3. The number of pyridine rings is 2. The first kappa shape index (κ1) is 29.4. The van der Waals surface area contributed by atoms with Crippen LogP contribution in [0.3, 0.4) is 0 Å². The number of rotatable bonds is 10. The lowest BCUT2D eigenvalue weighted by atomic mass is 10.0. The Balaban J connectivity index is 1.22. The summed E-state index contributed by atoms with van der Waals surface area (Å²) in [5.41, 5.74) is 5.11. The van der Waals surface area contributed by atoms with E-state index in [0.29, 0.717) is 42.4 Å². The molecule has 1 saturated heterocycles. The van der Waals surface area contributed by atoms with Crippen molar-refractivity contribution in [3.05, 3.63) is 78.6 Å². The van der Waals surface area contributed by atoms with Crippen molar-refractivity contribution in [3.8, 4) is 17.4 Å². The molecule has 12 heteroatoms. The molecule has 10 nitrogen and oxygen atoms in total. The van der Waals surface area contributed by atoms with Crippen LogP contribution in [0.25, 0.3) is 10.9 Å². The molecule has 1 saturated carbocycles. The van der Waals surface area contributed by atoms with Crippen LogP contribution in [0, 0.1) is 17.0 Å². The summed E-state index contributed by atoms with van der Waals surface area (Å²) in [7, 11) is 0. The van der Waals surface area contributed by atoms with Gasteiger partial charge in [0.05, 0.1) is 29.8 Å². The molecule has 2 N–H and O–H groups in total. The third-order valence-corrected chi connectivity index (χ3v) is 8.02. The Hall–Kier alpha value is -4.68. The van der Waals surface area contributed by atoms with E-state index in [9.17, 15) is 14.0 Å². The number of primary amides is 1. The predicted octanol–water partition coefficient (Wildman–Crippen LogP) is 4.73. The Bertz CT molecular complexity index is 1690. The van der Waals surface area contributed by atoms with Crippen molar-refractivity contribution >= 4 is 34.1 Å². The highest BCUT2D eigenvalue weighted by molar-refractivity contribution is 6.16. The van der Waals surface area contributed by atoms with Crippen LogP contribution in [-0.4, -0.2) is 65.6 Å². The van der Waals surface area contributed by atoms with Gasteiger partial charge in [-0.3, -0.25) is 24.4 Å². The van der Waals surface area contributed by atoms with E-state index < -0.39 is 28.9 Å². The molecule has 0 spiro atoms. The topological polar surface area (TPSA) is 120 Å². The quantitative estimate of drug-likeness (QED) is 0.259. The normalized spacial score (nSPS) is 16.7. The first-order valence-electron chi connectivity index (χ1n) is 14.3. The molecule has 0 unspecified atom stereocenters. The summed E-state index contributed by atoms with van der Waals surface area (Å²) in [6, 6.07) is 12.6. The van der Waals surface area contributed by atoms with Gasteiger partial charge in [-0.15, -0.1) is 0 Å². The van der Waals surface area contributed by atoms with Gasteiger partial charge in [-0.2, -0.15) is 0 Å². The molecule has 0 bridgehead atoms. The van der Waals surface area contributed by atoms with E-state index in [0.717, 1.165) is 19.2 Å². The van der Waals surface area contributed by atoms with E-state index in [1.165, 1.54) is 47.5 Å². The number of hydrogen-bond donors (Lipinski definition) is 1. The van der Waals surface area contributed by atoms with Gasteiger partial charge in [0.25, 0.3) is 0 Å². The van der Waals surface area contributed by atoms with Gasteiger partial charge in [0, 0.05) is 49.3 Å². The fraction of sp³-hybridized carbons (Fsp3) is 0.312. The summed E-state index contributed by atoms with van der Waals surface area (Å²) in [6.45, 7) is 5.65. The summed E-state index contributed by atoms with van der Waals surface area (Å²) in [5.74, 6) is -2.01. The molecule has 6 rings (SSSR count). The minimum atomic E-state index is -1.38. The molecular weight excluding hydrogens is 572 g/mol. The Morgan fingerprint density at radius 3 is 2.43 bits per heavy atom. The van der Waals surface area contributed by atoms with Crippen LogP contribution in [0.4, 0.5) is 20.2 Å². The zero-order valence-electron chi connectivity index (χ0n) is 24.0. The Labute approximate surface area is 252 Å². The van der Waals surface area contributed by atoms with Crippen molar-refractivity contribution in [1.29, 1.82) is 0 Å². The number of benzene rings is 2. The maximum atomic E-state index is 15.5. The van der Waals surface area contributed by atoms with E-state index in [-0.39, 0.29) is 36.0 Å². The van der Waals surface area contributed by atoms with Crippen LogP contribution >= 0.6 is 0 Å². The van der Waals surface area contributed by atoms with Crippen molar-refractivity contribution < 1.29 is 32.6 Å². The second kappa shape index (κ2) is 12.1. The van der Waals surface area contributed by atoms with E-state index >= 15 is 4.39 Å². The van der Waals surface area contributed by atoms with Crippen molar-refractivity contribution in [1.82, 2.24) is 14.9 Å². The van der Waals surface area contributed by atoms with Crippen molar-refractivity contribution in [3.63, 3.8) is 0 Å². The van der Waals surface area contributed by atoms with Gasteiger partial charge in [0.2, 0.25) is 17.7 Å². The molecule has 2 aromatic heterocycles. The molecule has 2 amide bonds. The predicted molar refractivity (Wildman–Crippen MR) is 158 cm³/mol. The fourth-order valence-electron chi connectivity index (χ4n) is 5.20. The molecule has 44 heavy (non-hydrogen) atoms. The monoisotopic (exact) mass is 603 g/mol. The number of aromatic nitrogens is 2. The maximum Gasteiger partial charge on any atom is 0.247 e. The fourth-order valence-corrected chi connectivity index (χ4v) is 5.20. The molecule has 2 aliphatic rings. The third-order valence-electron chi connectivity index (χ3n) is 8.02. The van der Waals surface area contributed by atoms with E-state index in [1.54, 1.807) is 18.3 Å². The van der Waals surface area contributed by atoms with Crippen LogP contribution < -0.4 is 20.1 Å². The van der Waals surface area contributed by atoms with Gasteiger partial charge in [-0.1, -0.05) is 0 Å². The number of amides is 2. The molecule has 0 radical (unpaired) electrons. The number of morpholine rings is 1. The molecule has 3 heterocycles. The minimum absolute atomic E-state index is 0.108. The molecule has 4 aromatic rings. The Morgan fingerprint density at radius 2 is 1.75 bits per heavy atom. The lowest BCUT2D eigenvalue weighted by molar-refractivity contribution is -0.133. The zero-order valence-corrected chi connectivity index (χ0v) is 24.0. The molecular formula is C32H31F2N5O5. The van der Waals surface area contributed by atoms with E-state index in [2.05, 4.69) is 21.8 Å². The van der Waals surface area contributed by atoms with Gasteiger partial charge < -0.3 is 19.9 Å². The number of halogens is 2. The Kier molecular flexibility index (Phi) is 8.11. The van der Waals surface area contributed by atoms with Gasteiger partial charge in [-0.25, -0.2) is 13.8 Å². The number of nitrogens with zero attached hydrogens (tertiary/aromatic N) is 4. The first-order chi connectivity index (χ1) is 21.2. The average Bonchev–Trinajstić information content (AvgIpc) is 3.85. The van der Waals surface area contributed by atoms with Crippen LogP contribution in [0.5, 0.6) is 17.4 Å². The highest BCUT2D eigenvalue weighted by Gasteiger charge is 2.57. The van der Waals surface area contributed by atoms with Crippen LogP contribution in [-0.2, 0) is 14.3 Å². The third kappa shape index (κ3) is 5.90. The summed E-state index contributed by atoms with van der Waals surface area (Å²) in [4.78, 5) is 37.9. The molecule has 1 atom stereocenters. The SMILES string of the molecule is C[C@@H](COc1cc2nccc(Oc3ccc(N(C(=O)C4(C(N)=O)CC4)c4ccc(F)cc4)cc3F)c2cn1)N1CCOCC1. The van der Waals surface area contributed by atoms with E-state index in [1.807, 2.05) is 0 Å². The smallest absolute Gasteiger partial charge is 0.247 e. The largest absolute Gasteiger partial charge is 0.476 e. The lowest BCUT2D eigenvalue weighted by Gasteiger charge is -2.31. The van der Waals surface area contributed by atoms with Crippen LogP contribution in [0.2, 0.25) is 0 Å². The van der Waals surface area contributed by atoms with Crippen LogP contribution in [0.15, 0.2) is 67.0 Å². The molecule has 2 fully saturated rings. The molecule has 1 aliphatic carbocycles. The molecule has 2 aromatic carbocycles. The van der Waals surface area contributed by atoms with Gasteiger partial charge in [0.1, 0.15) is 23.6 Å². The number of nitrogens with two attached hydrogens (primary N) is 1. The summed E-state index contributed by atoms with van der Waals surface area (Å²) < 4.78 is 46.5. The molecule has 1 aliphatic heterocycles. The van der Waals surface area contributed by atoms with Gasteiger partial charge in [-0.05, 0) is 62.2 Å². The summed E-state index contributed by atoms with van der Waals surface area (Å²) in [6.07, 6.45) is 3.67. The van der Waals surface area contributed by atoms with Gasteiger partial charge in [0.15, 0.2) is 11.6 Å². The van der Waals surface area contributed by atoms with Gasteiger partial charge >= 0.3 is 0 Å². The Morgan fingerprint density at radius 1 is 1.02 bits per heavy atom. The highest BCUT2D eigenvalue weighted by Crippen LogP contribution is 2.49. The van der Waals surface area contributed by atoms with E-state index in [4.69, 9.17) is 19.9 Å². The second-order valence-electron chi connectivity index (χ2n) is 10.9. The highest BCUT2D eigenvalue weighted by atomic mass is 19.1. The average molecular weight is 604 g/mol. The molecule has 228 valence electrons. The number of carbonyl (C=O) groups excluding carboxylic acids is 2. The first-order valence-corrected chi connectivity index (χ1v) is 14.3. The number of carbonyl (C=O) groups is 2. The second-order valence-corrected chi connectivity index (χ2v) is 10.9. The van der Waals surface area contributed by atoms with Crippen molar-refractivity contribution in [2.24, 2.45) is 11.1 Å². The lowest BCUT2D eigenvalue weighted by Crippen LogP contribution is -2.44. The number of anilines is 2. The van der Waals surface area contributed by atoms with Crippen molar-refractivity contribution in [2.45, 2.75) is 25.8 Å². The van der Waals surface area contributed by atoms with Crippen molar-refractivity contribution in [2.75, 3.05) is 37.8 Å². The number of hydrogen-bond acceptors (Lipinski definition) is 8. The summed E-state index contributed by atoms with van der Waals surface area (Å²) >= 11 is 0. The zero-order chi connectivity index (χ0) is 30.8. The minimum Gasteiger partial charge on any atom is -0.476 e.